The Labute approximate surface area is 243 Å². The number of alkyl carbamates (subject to hydrolysis) is 1. The first-order valence-electron chi connectivity index (χ1n) is 14.0. The van der Waals surface area contributed by atoms with Gasteiger partial charge in [-0.05, 0) is 47.9 Å². The van der Waals surface area contributed by atoms with Crippen LogP contribution in [0.3, 0.4) is 0 Å². The van der Waals surface area contributed by atoms with E-state index in [0.29, 0.717) is 38.0 Å². The van der Waals surface area contributed by atoms with Crippen molar-refractivity contribution in [3.63, 3.8) is 0 Å². The van der Waals surface area contributed by atoms with Crippen molar-refractivity contribution >= 4 is 35.6 Å². The maximum absolute atomic E-state index is 13.5. The number of nitrogens with zero attached hydrogens (tertiary/aromatic N) is 1. The number of ether oxygens (including phenoxy) is 1. The Morgan fingerprint density at radius 2 is 1.78 bits per heavy atom. The van der Waals surface area contributed by atoms with E-state index >= 15 is 0 Å². The van der Waals surface area contributed by atoms with Gasteiger partial charge in [0, 0.05) is 24.1 Å². The Morgan fingerprint density at radius 1 is 1.07 bits per heavy atom. The van der Waals surface area contributed by atoms with E-state index in [1.165, 1.54) is 0 Å². The van der Waals surface area contributed by atoms with Crippen molar-refractivity contribution in [1.29, 1.82) is 0 Å². The predicted molar refractivity (Wildman–Crippen MR) is 155 cm³/mol. The van der Waals surface area contributed by atoms with E-state index in [1.807, 2.05) is 24.3 Å². The van der Waals surface area contributed by atoms with Gasteiger partial charge in [-0.1, -0.05) is 54.5 Å². The van der Waals surface area contributed by atoms with Gasteiger partial charge in [-0.3, -0.25) is 14.4 Å². The monoisotopic (exact) mass is 572 g/mol. The van der Waals surface area contributed by atoms with E-state index in [2.05, 4.69) is 46.1 Å². The Bertz CT molecular complexity index is 1380. The molecule has 5 atom stereocenters. The van der Waals surface area contributed by atoms with Gasteiger partial charge in [-0.25, -0.2) is 4.79 Å². The molecule has 3 aliphatic heterocycles. The molecule has 3 saturated heterocycles. The van der Waals surface area contributed by atoms with E-state index in [1.54, 1.807) is 16.7 Å². The molecule has 3 N–H and O–H groups in total. The molecule has 2 aromatic rings. The average Bonchev–Trinajstić information content (AvgIpc) is 3.69. The molecular formula is C31H32N4O5S. The van der Waals surface area contributed by atoms with Crippen molar-refractivity contribution in [2.75, 3.05) is 18.9 Å². The summed E-state index contributed by atoms with van der Waals surface area (Å²) in [6, 6.07) is 14.1. The number of amides is 4. The lowest BCUT2D eigenvalue weighted by Crippen LogP contribution is -2.59. The van der Waals surface area contributed by atoms with Crippen LogP contribution < -0.4 is 16.0 Å². The smallest absolute Gasteiger partial charge is 0.407 e. The van der Waals surface area contributed by atoms with Gasteiger partial charge < -0.3 is 25.6 Å². The minimum atomic E-state index is -0.776. The number of terminal acetylenes is 1. The van der Waals surface area contributed by atoms with Crippen LogP contribution in [0.25, 0.3) is 11.1 Å². The number of carbonyl (C=O) groups excluding carboxylic acids is 4. The quantitative estimate of drug-likeness (QED) is 0.440. The van der Waals surface area contributed by atoms with Gasteiger partial charge in [0.25, 0.3) is 0 Å². The van der Waals surface area contributed by atoms with Gasteiger partial charge in [0.15, 0.2) is 0 Å². The SMILES string of the molecule is C#C[C@H](C[C@@H]1CCNC1=O)NC(=O)[C@@H]1CS[C@H]2CC[C@H](NC(=O)OCC3c4ccccc4-c4ccccc43)C(=O)N21. The fourth-order valence-corrected chi connectivity index (χ4v) is 7.83. The second-order valence-electron chi connectivity index (χ2n) is 10.9. The number of benzene rings is 2. The molecule has 1 aliphatic carbocycles. The van der Waals surface area contributed by atoms with E-state index < -0.39 is 24.2 Å². The van der Waals surface area contributed by atoms with Crippen LogP contribution in [0.5, 0.6) is 0 Å². The van der Waals surface area contributed by atoms with E-state index in [4.69, 9.17) is 11.2 Å². The summed E-state index contributed by atoms with van der Waals surface area (Å²) in [7, 11) is 0. The number of piperidine rings is 1. The van der Waals surface area contributed by atoms with Crippen molar-refractivity contribution < 1.29 is 23.9 Å². The van der Waals surface area contributed by atoms with E-state index in [9.17, 15) is 19.2 Å². The maximum atomic E-state index is 13.5. The zero-order valence-corrected chi connectivity index (χ0v) is 23.3. The minimum absolute atomic E-state index is 0.0515. The number of nitrogens with one attached hydrogen (secondary N) is 3. The van der Waals surface area contributed by atoms with Crippen molar-refractivity contribution in [2.24, 2.45) is 5.92 Å². The zero-order chi connectivity index (χ0) is 28.5. The lowest BCUT2D eigenvalue weighted by Gasteiger charge is -2.37. The largest absolute Gasteiger partial charge is 0.449 e. The van der Waals surface area contributed by atoms with Crippen LogP contribution >= 0.6 is 11.8 Å². The van der Waals surface area contributed by atoms with Gasteiger partial charge in [0.1, 0.15) is 18.7 Å². The third-order valence-electron chi connectivity index (χ3n) is 8.49. The van der Waals surface area contributed by atoms with Crippen molar-refractivity contribution in [3.05, 3.63) is 59.7 Å². The maximum Gasteiger partial charge on any atom is 0.407 e. The first-order valence-corrected chi connectivity index (χ1v) is 15.1. The van der Waals surface area contributed by atoms with Gasteiger partial charge in [-0.2, -0.15) is 0 Å². The Kier molecular flexibility index (Phi) is 7.63. The fourth-order valence-electron chi connectivity index (χ4n) is 6.40. The summed E-state index contributed by atoms with van der Waals surface area (Å²) in [4.78, 5) is 53.1. The number of fused-ring (bicyclic) bond motifs is 4. The summed E-state index contributed by atoms with van der Waals surface area (Å²) in [5.41, 5.74) is 4.50. The highest BCUT2D eigenvalue weighted by Crippen LogP contribution is 2.44. The van der Waals surface area contributed by atoms with Gasteiger partial charge in [0.05, 0.1) is 11.4 Å². The van der Waals surface area contributed by atoms with Gasteiger partial charge in [0.2, 0.25) is 17.7 Å². The summed E-state index contributed by atoms with van der Waals surface area (Å²) in [5, 5.41) is 8.25. The Balaban J connectivity index is 1.06. The summed E-state index contributed by atoms with van der Waals surface area (Å²) in [5.74, 6) is 2.02. The number of rotatable bonds is 7. The Hall–Kier alpha value is -3.97. The number of carbonyl (C=O) groups is 4. The van der Waals surface area contributed by atoms with Crippen molar-refractivity contribution in [1.82, 2.24) is 20.9 Å². The molecule has 212 valence electrons. The van der Waals surface area contributed by atoms with Crippen molar-refractivity contribution in [3.8, 4) is 23.5 Å². The first kappa shape index (κ1) is 27.2. The second kappa shape index (κ2) is 11.5. The molecule has 6 rings (SSSR count). The molecule has 2 aromatic carbocycles. The molecule has 9 nitrogen and oxygen atoms in total. The lowest BCUT2D eigenvalue weighted by molar-refractivity contribution is -0.143. The molecule has 3 fully saturated rings. The molecule has 4 aliphatic rings. The normalized spacial score (nSPS) is 25.4. The molecular weight excluding hydrogens is 540 g/mol. The fraction of sp³-hybridized carbons (Fsp3) is 0.419. The number of hydrogen-bond donors (Lipinski definition) is 3. The molecule has 0 aromatic heterocycles. The van der Waals surface area contributed by atoms with Crippen LogP contribution in [0.15, 0.2) is 48.5 Å². The Morgan fingerprint density at radius 3 is 2.44 bits per heavy atom. The first-order chi connectivity index (χ1) is 19.9. The van der Waals surface area contributed by atoms with Crippen LogP contribution in [0.1, 0.15) is 42.7 Å². The van der Waals surface area contributed by atoms with Crippen molar-refractivity contribution in [2.45, 2.75) is 55.1 Å². The molecule has 41 heavy (non-hydrogen) atoms. The highest BCUT2D eigenvalue weighted by atomic mass is 32.2. The van der Waals surface area contributed by atoms with Gasteiger partial charge >= 0.3 is 6.09 Å². The van der Waals surface area contributed by atoms with Crippen LogP contribution in [0.4, 0.5) is 4.79 Å². The second-order valence-corrected chi connectivity index (χ2v) is 12.1. The predicted octanol–water partition coefficient (Wildman–Crippen LogP) is 2.60. The number of hydrogen-bond acceptors (Lipinski definition) is 6. The standard InChI is InChI=1S/C31H32N4O5S/c1-2-19(15-18-13-14-32-28(18)36)33-29(37)26-17-41-27-12-11-25(30(38)35(26)27)34-31(39)40-16-24-22-9-5-3-7-20(22)21-8-4-6-10-23(21)24/h1,3-10,18-19,24-27H,11-17H2,(H,32,36)(H,33,37)(H,34,39)/t18-,19+,25-,26-,27-/m0/s1. The molecule has 0 radical (unpaired) electrons. The van der Waals surface area contributed by atoms with E-state index in [0.717, 1.165) is 22.3 Å². The average molecular weight is 573 g/mol. The molecule has 0 spiro atoms. The topological polar surface area (TPSA) is 117 Å². The molecule has 10 heteroatoms. The molecule has 3 heterocycles. The minimum Gasteiger partial charge on any atom is -0.449 e. The molecule has 0 saturated carbocycles. The molecule has 4 amide bonds. The third kappa shape index (κ3) is 5.26. The van der Waals surface area contributed by atoms with Crippen LogP contribution in [-0.2, 0) is 19.1 Å². The van der Waals surface area contributed by atoms with Crippen LogP contribution in [0, 0.1) is 18.3 Å². The number of thioether (sulfide) groups is 1. The summed E-state index contributed by atoms with van der Waals surface area (Å²) < 4.78 is 5.66. The summed E-state index contributed by atoms with van der Waals surface area (Å²) in [6.07, 6.45) is 7.16. The lowest BCUT2D eigenvalue weighted by atomic mass is 9.98. The summed E-state index contributed by atoms with van der Waals surface area (Å²) in [6.45, 7) is 0.760. The van der Waals surface area contributed by atoms with Crippen LogP contribution in [-0.4, -0.2) is 71.1 Å². The zero-order valence-electron chi connectivity index (χ0n) is 22.5. The summed E-state index contributed by atoms with van der Waals surface area (Å²) >= 11 is 1.55. The third-order valence-corrected chi connectivity index (χ3v) is 9.84. The van der Waals surface area contributed by atoms with Crippen LogP contribution in [0.2, 0.25) is 0 Å². The van der Waals surface area contributed by atoms with E-state index in [-0.39, 0.29) is 41.5 Å². The highest BCUT2D eigenvalue weighted by molar-refractivity contribution is 8.00. The molecule has 0 bridgehead atoms. The van der Waals surface area contributed by atoms with Gasteiger partial charge in [-0.15, -0.1) is 18.2 Å². The highest BCUT2D eigenvalue weighted by Gasteiger charge is 2.47. The molecule has 0 unspecified atom stereocenters.